The number of rotatable bonds is 4. The van der Waals surface area contributed by atoms with Gasteiger partial charge in [0.15, 0.2) is 0 Å². The normalized spacial score (nSPS) is 12.2. The lowest BCUT2D eigenvalue weighted by atomic mass is 10.1. The maximum atomic E-state index is 6.28. The molecule has 0 N–H and O–H groups in total. The van der Waals surface area contributed by atoms with E-state index in [2.05, 4.69) is 118 Å². The average molecular weight is 603 g/mol. The zero-order valence-corrected chi connectivity index (χ0v) is 24.9. The largest absolute Gasteiger partial charge is 0.464 e. The molecule has 0 aliphatic carbocycles. The van der Waals surface area contributed by atoms with Crippen molar-refractivity contribution < 1.29 is 8.83 Å². The van der Waals surface area contributed by atoms with Crippen molar-refractivity contribution in [2.24, 2.45) is 0 Å². The fourth-order valence-electron chi connectivity index (χ4n) is 6.70. The summed E-state index contributed by atoms with van der Waals surface area (Å²) in [5.41, 5.74) is 7.21. The third-order valence-electron chi connectivity index (χ3n) is 8.59. The van der Waals surface area contributed by atoms with Crippen LogP contribution in [-0.2, 0) is 0 Å². The van der Waals surface area contributed by atoms with Crippen LogP contribution < -0.4 is 0 Å². The third kappa shape index (κ3) is 3.41. The van der Waals surface area contributed by atoms with Crippen LogP contribution in [0.2, 0.25) is 0 Å². The van der Waals surface area contributed by atoms with E-state index >= 15 is 0 Å². The predicted octanol–water partition coefficient (Wildman–Crippen LogP) is 11.6. The molecule has 0 amide bonds. The lowest BCUT2D eigenvalue weighted by Gasteiger charge is -2.14. The maximum absolute atomic E-state index is 6.28. The topological polar surface area (TPSA) is 36.1 Å². The Kier molecular flexibility index (Phi) is 5.06. The monoisotopic (exact) mass is 602 g/mol. The summed E-state index contributed by atoms with van der Waals surface area (Å²) in [5, 5.41) is 9.18. The number of thiophene rings is 1. The van der Waals surface area contributed by atoms with Crippen LogP contribution in [0, 0.1) is 0 Å². The first-order valence-corrected chi connectivity index (χ1v) is 16.2. The molecule has 5 heterocycles. The summed E-state index contributed by atoms with van der Waals surface area (Å²) in [6.45, 7) is 0. The number of benzene rings is 5. The molecule has 44 heavy (non-hydrogen) atoms. The van der Waals surface area contributed by atoms with E-state index in [0.717, 1.165) is 44.5 Å². The molecule has 6 heteroatoms. The molecule has 0 atom stereocenters. The Hall–Kier alpha value is -5.17. The Morgan fingerprint density at radius 3 is 2.48 bits per heavy atom. The van der Waals surface area contributed by atoms with E-state index in [0.29, 0.717) is 0 Å². The molecule has 0 radical (unpaired) electrons. The number of nitrogens with zero attached hydrogens (tertiary/aromatic N) is 2. The van der Waals surface area contributed by atoms with Gasteiger partial charge in [0, 0.05) is 53.2 Å². The van der Waals surface area contributed by atoms with E-state index in [1.54, 1.807) is 29.4 Å². The van der Waals surface area contributed by atoms with E-state index in [9.17, 15) is 0 Å². The van der Waals surface area contributed by atoms with Crippen molar-refractivity contribution >= 4 is 88.0 Å². The average Bonchev–Trinajstić information content (AvgIpc) is 3.88. The van der Waals surface area contributed by atoms with Gasteiger partial charge < -0.3 is 8.83 Å². The molecule has 10 aromatic rings. The molecular formula is C38H22N2O2S2. The first-order chi connectivity index (χ1) is 21.8. The molecule has 0 aliphatic heterocycles. The second-order valence-corrected chi connectivity index (χ2v) is 13.1. The molecule has 0 aliphatic rings. The van der Waals surface area contributed by atoms with E-state index in [1.165, 1.54) is 41.6 Å². The van der Waals surface area contributed by atoms with Gasteiger partial charge in [0.1, 0.15) is 23.1 Å². The minimum Gasteiger partial charge on any atom is -0.464 e. The fourth-order valence-corrected chi connectivity index (χ4v) is 8.46. The zero-order chi connectivity index (χ0) is 28.8. The van der Waals surface area contributed by atoms with Crippen LogP contribution in [0.15, 0.2) is 152 Å². The van der Waals surface area contributed by atoms with Crippen molar-refractivity contribution in [3.63, 3.8) is 0 Å². The lowest BCUT2D eigenvalue weighted by Crippen LogP contribution is -2.01. The minimum atomic E-state index is 0.799. The van der Waals surface area contributed by atoms with Gasteiger partial charge >= 0.3 is 0 Å². The molecular weight excluding hydrogens is 581 g/mol. The summed E-state index contributed by atoms with van der Waals surface area (Å²) >= 11 is 3.57. The summed E-state index contributed by atoms with van der Waals surface area (Å²) in [7, 11) is 0. The van der Waals surface area contributed by atoms with Gasteiger partial charge in [-0.25, -0.2) is 0 Å². The van der Waals surface area contributed by atoms with Crippen molar-refractivity contribution in [1.29, 1.82) is 0 Å². The highest BCUT2D eigenvalue weighted by atomic mass is 32.2. The van der Waals surface area contributed by atoms with Gasteiger partial charge in [-0.2, -0.15) is 0 Å². The molecule has 5 aromatic carbocycles. The Morgan fingerprint density at radius 1 is 0.636 bits per heavy atom. The lowest BCUT2D eigenvalue weighted by molar-refractivity contribution is 0.603. The van der Waals surface area contributed by atoms with Gasteiger partial charge in [-0.15, -0.1) is 11.3 Å². The predicted molar refractivity (Wildman–Crippen MR) is 183 cm³/mol. The van der Waals surface area contributed by atoms with Crippen LogP contribution in [-0.4, -0.2) is 9.13 Å². The number of fused-ring (bicyclic) bond motifs is 8. The summed E-state index contributed by atoms with van der Waals surface area (Å²) in [5.74, 6) is 0. The molecule has 0 saturated heterocycles. The highest BCUT2D eigenvalue weighted by molar-refractivity contribution is 7.99. The zero-order valence-electron chi connectivity index (χ0n) is 23.2. The van der Waals surface area contributed by atoms with Crippen LogP contribution in [0.1, 0.15) is 0 Å². The van der Waals surface area contributed by atoms with Crippen LogP contribution in [0.4, 0.5) is 0 Å². The Labute approximate surface area is 259 Å². The van der Waals surface area contributed by atoms with Crippen LogP contribution in [0.3, 0.4) is 0 Å². The van der Waals surface area contributed by atoms with Gasteiger partial charge in [0.05, 0.1) is 23.0 Å². The van der Waals surface area contributed by atoms with Crippen molar-refractivity contribution in [2.75, 3.05) is 0 Å². The van der Waals surface area contributed by atoms with E-state index in [4.69, 9.17) is 8.83 Å². The molecule has 0 saturated carbocycles. The van der Waals surface area contributed by atoms with Gasteiger partial charge in [0.25, 0.3) is 0 Å². The number of hydrogen-bond donors (Lipinski definition) is 0. The second-order valence-electron chi connectivity index (χ2n) is 11.0. The van der Waals surface area contributed by atoms with Crippen molar-refractivity contribution in [3.8, 4) is 11.4 Å². The molecule has 0 bridgehead atoms. The number of para-hydroxylation sites is 2. The van der Waals surface area contributed by atoms with Crippen molar-refractivity contribution in [1.82, 2.24) is 9.13 Å². The SMILES string of the molecule is c1ccc(Sc2cccc3c4c5ccccc5n(-c5ccc6sccc6c5)c4n(-c4coc5cc6occc6cc45)c23)cc1. The quantitative estimate of drug-likeness (QED) is 0.201. The fraction of sp³-hybridized carbons (Fsp3) is 0. The molecule has 0 unspecified atom stereocenters. The smallest absolute Gasteiger partial charge is 0.139 e. The highest BCUT2D eigenvalue weighted by Gasteiger charge is 2.26. The Bertz CT molecular complexity index is 2700. The number of furan rings is 2. The molecule has 0 fully saturated rings. The first kappa shape index (κ1) is 24.3. The van der Waals surface area contributed by atoms with Crippen molar-refractivity contribution in [3.05, 3.63) is 133 Å². The van der Waals surface area contributed by atoms with Gasteiger partial charge in [0.2, 0.25) is 0 Å². The minimum absolute atomic E-state index is 0.799. The molecule has 0 spiro atoms. The van der Waals surface area contributed by atoms with Crippen LogP contribution in [0.5, 0.6) is 0 Å². The van der Waals surface area contributed by atoms with E-state index in [-0.39, 0.29) is 0 Å². The summed E-state index contributed by atoms with van der Waals surface area (Å²) in [4.78, 5) is 2.39. The standard InChI is InChI=1S/C38H22N2O2S2/c1-2-7-26(8-3-1)44-35-12-6-10-28-36-27-9-4-5-11-30(27)39(25-13-14-34-24(19-25)16-18-43-34)38(36)40(37(28)35)31-22-42-33-21-32-23(15-17-41-32)20-29(31)33/h1-22H. The Morgan fingerprint density at radius 2 is 1.52 bits per heavy atom. The maximum Gasteiger partial charge on any atom is 0.139 e. The molecule has 5 aromatic heterocycles. The number of aromatic nitrogens is 2. The van der Waals surface area contributed by atoms with E-state index < -0.39 is 0 Å². The summed E-state index contributed by atoms with van der Waals surface area (Å²) in [6.07, 6.45) is 3.63. The van der Waals surface area contributed by atoms with Crippen molar-refractivity contribution in [2.45, 2.75) is 9.79 Å². The Balaban J connectivity index is 1.40. The van der Waals surface area contributed by atoms with Gasteiger partial charge in [-0.05, 0) is 71.4 Å². The first-order valence-electron chi connectivity index (χ1n) is 14.5. The summed E-state index contributed by atoms with van der Waals surface area (Å²) in [6, 6.07) is 41.2. The van der Waals surface area contributed by atoms with Crippen LogP contribution in [0.25, 0.3) is 76.2 Å². The van der Waals surface area contributed by atoms with E-state index in [1.807, 2.05) is 18.4 Å². The highest BCUT2D eigenvalue weighted by Crippen LogP contribution is 2.46. The van der Waals surface area contributed by atoms with Gasteiger partial charge in [-0.1, -0.05) is 60.3 Å². The van der Waals surface area contributed by atoms with Gasteiger partial charge in [-0.3, -0.25) is 9.13 Å². The molecule has 4 nitrogen and oxygen atoms in total. The third-order valence-corrected chi connectivity index (χ3v) is 10.5. The second kappa shape index (κ2) is 9.16. The van der Waals surface area contributed by atoms with Crippen LogP contribution >= 0.6 is 23.1 Å². The number of hydrogen-bond acceptors (Lipinski definition) is 4. The molecule has 208 valence electrons. The summed E-state index contributed by atoms with van der Waals surface area (Å²) < 4.78 is 18.1. The molecule has 10 rings (SSSR count).